The van der Waals surface area contributed by atoms with Crippen LogP contribution in [0.25, 0.3) is 0 Å². The van der Waals surface area contributed by atoms with Gasteiger partial charge in [-0.2, -0.15) is 0 Å². The first-order valence-corrected chi connectivity index (χ1v) is 6.60. The standard InChI is InChI=1S/C13H20ClN3/c1-11(2)17-7-5-16(6-8-17)10-13-9-12(14)3-4-15-13/h3-4,9,11H,5-8,10H2,1-2H3. The fraction of sp³-hybridized carbons (Fsp3) is 0.615. The van der Waals surface area contributed by atoms with Crippen molar-refractivity contribution in [2.75, 3.05) is 26.2 Å². The average Bonchev–Trinajstić information content (AvgIpc) is 2.29. The van der Waals surface area contributed by atoms with Crippen molar-refractivity contribution < 1.29 is 0 Å². The molecule has 2 rings (SSSR count). The molecule has 4 heteroatoms. The van der Waals surface area contributed by atoms with Crippen LogP contribution < -0.4 is 0 Å². The van der Waals surface area contributed by atoms with Crippen LogP contribution in [0.1, 0.15) is 19.5 Å². The van der Waals surface area contributed by atoms with Crippen LogP contribution in [0.15, 0.2) is 18.3 Å². The highest BCUT2D eigenvalue weighted by molar-refractivity contribution is 6.30. The van der Waals surface area contributed by atoms with Crippen LogP contribution in [-0.2, 0) is 6.54 Å². The molecule has 0 unspecified atom stereocenters. The molecule has 0 N–H and O–H groups in total. The molecular formula is C13H20ClN3. The highest BCUT2D eigenvalue weighted by atomic mass is 35.5. The highest BCUT2D eigenvalue weighted by Gasteiger charge is 2.18. The summed E-state index contributed by atoms with van der Waals surface area (Å²) >= 11 is 5.96. The van der Waals surface area contributed by atoms with E-state index in [2.05, 4.69) is 28.6 Å². The van der Waals surface area contributed by atoms with Crippen molar-refractivity contribution in [1.29, 1.82) is 0 Å². The number of nitrogens with zero attached hydrogens (tertiary/aromatic N) is 3. The molecule has 1 aromatic heterocycles. The summed E-state index contributed by atoms with van der Waals surface area (Å²) < 4.78 is 0. The van der Waals surface area contributed by atoms with E-state index in [1.807, 2.05) is 12.1 Å². The molecule has 1 aliphatic rings. The van der Waals surface area contributed by atoms with E-state index in [1.165, 1.54) is 0 Å². The van der Waals surface area contributed by atoms with E-state index in [9.17, 15) is 0 Å². The number of hydrogen-bond donors (Lipinski definition) is 0. The molecule has 3 nitrogen and oxygen atoms in total. The van der Waals surface area contributed by atoms with Crippen molar-refractivity contribution in [3.63, 3.8) is 0 Å². The molecule has 0 atom stereocenters. The Balaban J connectivity index is 1.86. The van der Waals surface area contributed by atoms with Crippen molar-refractivity contribution in [1.82, 2.24) is 14.8 Å². The fourth-order valence-electron chi connectivity index (χ4n) is 2.20. The van der Waals surface area contributed by atoms with Gasteiger partial charge in [-0.05, 0) is 26.0 Å². The highest BCUT2D eigenvalue weighted by Crippen LogP contribution is 2.12. The first kappa shape index (κ1) is 12.8. The van der Waals surface area contributed by atoms with Gasteiger partial charge in [0.05, 0.1) is 5.69 Å². The van der Waals surface area contributed by atoms with Crippen molar-refractivity contribution in [3.8, 4) is 0 Å². The molecule has 2 heterocycles. The minimum atomic E-state index is 0.654. The lowest BCUT2D eigenvalue weighted by Crippen LogP contribution is -2.48. The lowest BCUT2D eigenvalue weighted by atomic mass is 10.2. The van der Waals surface area contributed by atoms with Gasteiger partial charge in [0.2, 0.25) is 0 Å². The predicted octanol–water partition coefficient (Wildman–Crippen LogP) is 2.26. The maximum Gasteiger partial charge on any atom is 0.0558 e. The second-order valence-electron chi connectivity index (χ2n) is 4.87. The Kier molecular flexibility index (Phi) is 4.37. The second-order valence-corrected chi connectivity index (χ2v) is 5.31. The van der Waals surface area contributed by atoms with Gasteiger partial charge in [-0.25, -0.2) is 0 Å². The third-order valence-electron chi connectivity index (χ3n) is 3.30. The van der Waals surface area contributed by atoms with Gasteiger partial charge in [-0.1, -0.05) is 11.6 Å². The van der Waals surface area contributed by atoms with Gasteiger partial charge in [0.25, 0.3) is 0 Å². The molecule has 0 spiro atoms. The quantitative estimate of drug-likeness (QED) is 0.824. The number of hydrogen-bond acceptors (Lipinski definition) is 3. The monoisotopic (exact) mass is 253 g/mol. The van der Waals surface area contributed by atoms with Gasteiger partial charge in [-0.15, -0.1) is 0 Å². The number of piperazine rings is 1. The van der Waals surface area contributed by atoms with Crippen molar-refractivity contribution in [2.24, 2.45) is 0 Å². The normalized spacial score (nSPS) is 18.8. The topological polar surface area (TPSA) is 19.4 Å². The Morgan fingerprint density at radius 2 is 2.00 bits per heavy atom. The lowest BCUT2D eigenvalue weighted by Gasteiger charge is -2.36. The fourth-order valence-corrected chi connectivity index (χ4v) is 2.38. The van der Waals surface area contributed by atoms with E-state index in [1.54, 1.807) is 6.20 Å². The summed E-state index contributed by atoms with van der Waals surface area (Å²) in [6, 6.07) is 4.43. The van der Waals surface area contributed by atoms with Gasteiger partial charge in [-0.3, -0.25) is 14.8 Å². The molecule has 0 aliphatic carbocycles. The molecule has 1 aromatic rings. The molecule has 0 aromatic carbocycles. The van der Waals surface area contributed by atoms with Crippen LogP contribution in [0.5, 0.6) is 0 Å². The maximum atomic E-state index is 5.96. The van der Waals surface area contributed by atoms with Gasteiger partial charge in [0.15, 0.2) is 0 Å². The van der Waals surface area contributed by atoms with E-state index in [0.717, 1.165) is 43.4 Å². The third kappa shape index (κ3) is 3.66. The van der Waals surface area contributed by atoms with Gasteiger partial charge >= 0.3 is 0 Å². The van der Waals surface area contributed by atoms with E-state index in [0.29, 0.717) is 6.04 Å². The SMILES string of the molecule is CC(C)N1CCN(Cc2cc(Cl)ccn2)CC1. The van der Waals surface area contributed by atoms with Crippen LogP contribution in [0, 0.1) is 0 Å². The zero-order valence-electron chi connectivity index (χ0n) is 10.6. The molecule has 0 amide bonds. The number of pyridine rings is 1. The second kappa shape index (κ2) is 5.80. The van der Waals surface area contributed by atoms with Gasteiger partial charge in [0.1, 0.15) is 0 Å². The molecule has 0 saturated carbocycles. The van der Waals surface area contributed by atoms with E-state index < -0.39 is 0 Å². The van der Waals surface area contributed by atoms with Crippen LogP contribution in [0.3, 0.4) is 0 Å². The molecule has 1 saturated heterocycles. The molecule has 0 radical (unpaired) electrons. The molecule has 1 fully saturated rings. The number of halogens is 1. The summed E-state index contributed by atoms with van der Waals surface area (Å²) in [5.41, 5.74) is 1.07. The molecule has 0 bridgehead atoms. The van der Waals surface area contributed by atoms with Crippen molar-refractivity contribution in [3.05, 3.63) is 29.0 Å². The van der Waals surface area contributed by atoms with Crippen molar-refractivity contribution >= 4 is 11.6 Å². The van der Waals surface area contributed by atoms with Crippen LogP contribution in [0.4, 0.5) is 0 Å². The molecule has 1 aliphatic heterocycles. The minimum Gasteiger partial charge on any atom is -0.298 e. The zero-order valence-corrected chi connectivity index (χ0v) is 11.3. The summed E-state index contributed by atoms with van der Waals surface area (Å²) in [6.45, 7) is 9.96. The predicted molar refractivity (Wildman–Crippen MR) is 71.2 cm³/mol. The summed E-state index contributed by atoms with van der Waals surface area (Å²) in [5, 5.41) is 0.774. The summed E-state index contributed by atoms with van der Waals surface area (Å²) in [6.07, 6.45) is 1.78. The number of aromatic nitrogens is 1. The smallest absolute Gasteiger partial charge is 0.0558 e. The Hall–Kier alpha value is -0.640. The molecular weight excluding hydrogens is 234 g/mol. The Bertz CT molecular complexity index is 359. The third-order valence-corrected chi connectivity index (χ3v) is 3.54. The largest absolute Gasteiger partial charge is 0.298 e. The van der Waals surface area contributed by atoms with Crippen molar-refractivity contribution in [2.45, 2.75) is 26.4 Å². The van der Waals surface area contributed by atoms with Crippen LogP contribution >= 0.6 is 11.6 Å². The van der Waals surface area contributed by atoms with Gasteiger partial charge < -0.3 is 0 Å². The van der Waals surface area contributed by atoms with E-state index >= 15 is 0 Å². The zero-order chi connectivity index (χ0) is 12.3. The summed E-state index contributed by atoms with van der Waals surface area (Å²) in [5.74, 6) is 0. The minimum absolute atomic E-state index is 0.654. The first-order chi connectivity index (χ1) is 8.15. The maximum absolute atomic E-state index is 5.96. The molecule has 94 valence electrons. The number of rotatable bonds is 3. The summed E-state index contributed by atoms with van der Waals surface area (Å²) in [4.78, 5) is 9.31. The first-order valence-electron chi connectivity index (χ1n) is 6.22. The Morgan fingerprint density at radius 3 is 2.59 bits per heavy atom. The van der Waals surface area contributed by atoms with E-state index in [4.69, 9.17) is 11.6 Å². The Labute approximate surface area is 108 Å². The molecule has 17 heavy (non-hydrogen) atoms. The Morgan fingerprint density at radius 1 is 1.29 bits per heavy atom. The van der Waals surface area contributed by atoms with Crippen LogP contribution in [0.2, 0.25) is 5.02 Å². The lowest BCUT2D eigenvalue weighted by molar-refractivity contribution is 0.103. The van der Waals surface area contributed by atoms with E-state index in [-0.39, 0.29) is 0 Å². The average molecular weight is 254 g/mol. The summed E-state index contributed by atoms with van der Waals surface area (Å²) in [7, 11) is 0. The van der Waals surface area contributed by atoms with Gasteiger partial charge in [0, 0.05) is 50.0 Å². The van der Waals surface area contributed by atoms with Crippen LogP contribution in [-0.4, -0.2) is 47.0 Å².